The molecule has 3 fully saturated rings. The average Bonchev–Trinajstić information content (AvgIpc) is 3.08. The molecule has 2 aliphatic heterocycles. The van der Waals surface area contributed by atoms with Crippen molar-refractivity contribution in [1.29, 1.82) is 0 Å². The molecule has 0 aromatic rings. The Hall–Kier alpha value is -0.610. The van der Waals surface area contributed by atoms with Crippen LogP contribution >= 0.6 is 0 Å². The summed E-state index contributed by atoms with van der Waals surface area (Å²) in [5.74, 6) is 0.239. The molecule has 15 heavy (non-hydrogen) atoms. The zero-order valence-electron chi connectivity index (χ0n) is 9.00. The van der Waals surface area contributed by atoms with E-state index in [0.29, 0.717) is 19.2 Å². The van der Waals surface area contributed by atoms with Crippen LogP contribution in [0, 0.1) is 0 Å². The number of nitrogens with one attached hydrogen (secondary N) is 1. The monoisotopic (exact) mass is 210 g/mol. The van der Waals surface area contributed by atoms with Crippen molar-refractivity contribution in [3.63, 3.8) is 0 Å². The molecule has 0 radical (unpaired) electrons. The minimum atomic E-state index is -0.515. The lowest BCUT2D eigenvalue weighted by Gasteiger charge is -2.44. The number of hydrogen-bond acceptors (Lipinski definition) is 3. The topological polar surface area (TPSA) is 41.6 Å². The van der Waals surface area contributed by atoms with Gasteiger partial charge >= 0.3 is 0 Å². The predicted octanol–water partition coefficient (Wildman–Crippen LogP) is 0.130. The van der Waals surface area contributed by atoms with Crippen LogP contribution in [0.1, 0.15) is 25.7 Å². The van der Waals surface area contributed by atoms with Gasteiger partial charge < -0.3 is 15.0 Å². The molecule has 3 aliphatic rings. The zero-order valence-corrected chi connectivity index (χ0v) is 9.00. The number of morpholine rings is 1. The molecule has 84 valence electrons. The SMILES string of the molecule is O=C1N(C2CC2)CCOC12CCCNC2. The number of piperidine rings is 1. The number of amides is 1. The third-order valence-electron chi connectivity index (χ3n) is 3.69. The highest BCUT2D eigenvalue weighted by molar-refractivity contribution is 5.87. The number of nitrogens with zero attached hydrogens (tertiary/aromatic N) is 1. The molecule has 1 amide bonds. The highest BCUT2D eigenvalue weighted by Gasteiger charge is 2.49. The molecular formula is C11H18N2O2. The Balaban J connectivity index is 1.78. The first-order valence-corrected chi connectivity index (χ1v) is 5.98. The van der Waals surface area contributed by atoms with Crippen LogP contribution in [0.15, 0.2) is 0 Å². The van der Waals surface area contributed by atoms with Gasteiger partial charge in [0.1, 0.15) is 0 Å². The maximum absolute atomic E-state index is 12.3. The minimum Gasteiger partial charge on any atom is -0.362 e. The molecule has 3 rings (SSSR count). The molecule has 4 heteroatoms. The Bertz CT molecular complexity index is 264. The van der Waals surface area contributed by atoms with Crippen LogP contribution in [0.2, 0.25) is 0 Å². The van der Waals surface area contributed by atoms with E-state index in [0.717, 1.165) is 25.9 Å². The summed E-state index contributed by atoms with van der Waals surface area (Å²) >= 11 is 0. The fraction of sp³-hybridized carbons (Fsp3) is 0.909. The first-order valence-electron chi connectivity index (χ1n) is 5.98. The third-order valence-corrected chi connectivity index (χ3v) is 3.69. The van der Waals surface area contributed by atoms with Gasteiger partial charge in [0.25, 0.3) is 5.91 Å². The van der Waals surface area contributed by atoms with Gasteiger partial charge in [-0.15, -0.1) is 0 Å². The number of rotatable bonds is 1. The standard InChI is InChI=1S/C11H18N2O2/c14-10-11(4-1-5-12-8-11)15-7-6-13(10)9-2-3-9/h9,12H,1-8H2. The van der Waals surface area contributed by atoms with Gasteiger partial charge in [0.2, 0.25) is 0 Å². The normalized spacial score (nSPS) is 37.3. The predicted molar refractivity (Wildman–Crippen MR) is 55.5 cm³/mol. The molecule has 0 aromatic carbocycles. The summed E-state index contributed by atoms with van der Waals surface area (Å²) in [7, 11) is 0. The highest BCUT2D eigenvalue weighted by atomic mass is 16.5. The van der Waals surface area contributed by atoms with Crippen LogP contribution < -0.4 is 5.32 Å². The zero-order chi connectivity index (χ0) is 10.3. The molecule has 2 heterocycles. The van der Waals surface area contributed by atoms with Crippen molar-refractivity contribution in [2.75, 3.05) is 26.2 Å². The molecule has 1 atom stereocenters. The molecule has 1 aliphatic carbocycles. The second kappa shape index (κ2) is 3.46. The van der Waals surface area contributed by atoms with Crippen molar-refractivity contribution in [2.45, 2.75) is 37.3 Å². The van der Waals surface area contributed by atoms with Gasteiger partial charge in [-0.2, -0.15) is 0 Å². The van der Waals surface area contributed by atoms with Gasteiger partial charge in [0.05, 0.1) is 6.61 Å². The van der Waals surface area contributed by atoms with E-state index >= 15 is 0 Å². The summed E-state index contributed by atoms with van der Waals surface area (Å²) in [6.45, 7) is 3.23. The molecule has 0 bridgehead atoms. The van der Waals surface area contributed by atoms with Gasteiger partial charge in [-0.25, -0.2) is 0 Å². The fourth-order valence-corrected chi connectivity index (χ4v) is 2.68. The second-order valence-electron chi connectivity index (χ2n) is 4.85. The number of carbonyl (C=O) groups is 1. The molecule has 1 spiro atoms. The van der Waals surface area contributed by atoms with Gasteiger partial charge in [-0.3, -0.25) is 4.79 Å². The summed E-state index contributed by atoms with van der Waals surface area (Å²) in [6.07, 6.45) is 4.32. The van der Waals surface area contributed by atoms with E-state index in [1.165, 1.54) is 12.8 Å². The van der Waals surface area contributed by atoms with Gasteiger partial charge in [0.15, 0.2) is 5.60 Å². The summed E-state index contributed by atoms with van der Waals surface area (Å²) in [4.78, 5) is 14.4. The first-order chi connectivity index (χ1) is 7.32. The molecule has 4 nitrogen and oxygen atoms in total. The lowest BCUT2D eigenvalue weighted by atomic mass is 9.91. The van der Waals surface area contributed by atoms with E-state index in [1.54, 1.807) is 0 Å². The Kier molecular flexibility index (Phi) is 2.21. The number of carbonyl (C=O) groups excluding carboxylic acids is 1. The van der Waals surface area contributed by atoms with Crippen molar-refractivity contribution in [3.05, 3.63) is 0 Å². The van der Waals surface area contributed by atoms with Crippen LogP contribution in [0.3, 0.4) is 0 Å². The van der Waals surface area contributed by atoms with Crippen molar-refractivity contribution in [2.24, 2.45) is 0 Å². The fourth-order valence-electron chi connectivity index (χ4n) is 2.68. The smallest absolute Gasteiger partial charge is 0.256 e. The van der Waals surface area contributed by atoms with Gasteiger partial charge in [-0.05, 0) is 32.2 Å². The van der Waals surface area contributed by atoms with E-state index in [1.807, 2.05) is 0 Å². The van der Waals surface area contributed by atoms with E-state index < -0.39 is 5.60 Å². The Morgan fingerprint density at radius 3 is 3.00 bits per heavy atom. The largest absolute Gasteiger partial charge is 0.362 e. The lowest BCUT2D eigenvalue weighted by molar-refractivity contribution is -0.175. The summed E-state index contributed by atoms with van der Waals surface area (Å²) in [6, 6.07) is 0.528. The van der Waals surface area contributed by atoms with Crippen LogP contribution in [0.4, 0.5) is 0 Å². The summed E-state index contributed by atoms with van der Waals surface area (Å²) in [5.41, 5.74) is -0.515. The molecule has 1 N–H and O–H groups in total. The molecule has 0 aromatic heterocycles. The van der Waals surface area contributed by atoms with Crippen molar-refractivity contribution in [3.8, 4) is 0 Å². The summed E-state index contributed by atoms with van der Waals surface area (Å²) in [5, 5.41) is 3.28. The van der Waals surface area contributed by atoms with Crippen LogP contribution in [-0.4, -0.2) is 48.7 Å². The van der Waals surface area contributed by atoms with Crippen LogP contribution in [-0.2, 0) is 9.53 Å². The third kappa shape index (κ3) is 1.56. The Morgan fingerprint density at radius 1 is 1.47 bits per heavy atom. The number of hydrogen-bond donors (Lipinski definition) is 1. The van der Waals surface area contributed by atoms with E-state index in [4.69, 9.17) is 4.74 Å². The second-order valence-corrected chi connectivity index (χ2v) is 4.85. The first kappa shape index (κ1) is 9.60. The lowest BCUT2D eigenvalue weighted by Crippen LogP contribution is -2.63. The molecule has 1 unspecified atom stereocenters. The Labute approximate surface area is 90.0 Å². The highest BCUT2D eigenvalue weighted by Crippen LogP contribution is 2.34. The van der Waals surface area contributed by atoms with Crippen molar-refractivity contribution < 1.29 is 9.53 Å². The van der Waals surface area contributed by atoms with Crippen molar-refractivity contribution >= 4 is 5.91 Å². The quantitative estimate of drug-likeness (QED) is 0.669. The average molecular weight is 210 g/mol. The maximum atomic E-state index is 12.3. The van der Waals surface area contributed by atoms with Crippen LogP contribution in [0.25, 0.3) is 0 Å². The van der Waals surface area contributed by atoms with E-state index in [-0.39, 0.29) is 5.91 Å². The number of ether oxygens (including phenoxy) is 1. The molecular weight excluding hydrogens is 192 g/mol. The molecule has 2 saturated heterocycles. The van der Waals surface area contributed by atoms with Gasteiger partial charge in [0, 0.05) is 19.1 Å². The van der Waals surface area contributed by atoms with Crippen LogP contribution in [0.5, 0.6) is 0 Å². The Morgan fingerprint density at radius 2 is 2.33 bits per heavy atom. The van der Waals surface area contributed by atoms with Gasteiger partial charge in [-0.1, -0.05) is 0 Å². The van der Waals surface area contributed by atoms with E-state index in [2.05, 4.69) is 10.2 Å². The maximum Gasteiger partial charge on any atom is 0.256 e. The van der Waals surface area contributed by atoms with E-state index in [9.17, 15) is 4.79 Å². The van der Waals surface area contributed by atoms with Crippen molar-refractivity contribution in [1.82, 2.24) is 10.2 Å². The molecule has 1 saturated carbocycles. The summed E-state index contributed by atoms with van der Waals surface area (Å²) < 4.78 is 5.77. The minimum absolute atomic E-state index is 0.239.